The quantitative estimate of drug-likeness (QED) is 0.751. The molecule has 0 fully saturated rings. The van der Waals surface area contributed by atoms with E-state index in [0.717, 1.165) is 11.1 Å². The highest BCUT2D eigenvalue weighted by Crippen LogP contribution is 2.38. The molecule has 5 nitrogen and oxygen atoms in total. The maximum absolute atomic E-state index is 13.3. The van der Waals surface area contributed by atoms with Crippen molar-refractivity contribution in [1.29, 1.82) is 0 Å². The van der Waals surface area contributed by atoms with Crippen LogP contribution < -0.4 is 5.43 Å². The molecule has 0 spiro atoms. The lowest BCUT2D eigenvalue weighted by atomic mass is 9.95. The van der Waals surface area contributed by atoms with Gasteiger partial charge in [-0.25, -0.2) is 0 Å². The van der Waals surface area contributed by atoms with Gasteiger partial charge in [-0.3, -0.25) is 9.59 Å². The van der Waals surface area contributed by atoms with Gasteiger partial charge in [0.2, 0.25) is 5.76 Å². The predicted octanol–water partition coefficient (Wildman–Crippen LogP) is 3.76. The normalized spacial score (nSPS) is 16.2. The van der Waals surface area contributed by atoms with E-state index in [1.165, 1.54) is 10.5 Å². The molecule has 0 saturated carbocycles. The molecule has 0 aliphatic carbocycles. The van der Waals surface area contributed by atoms with E-state index in [2.05, 4.69) is 13.8 Å². The molecule has 5 heteroatoms. The maximum atomic E-state index is 13.3. The zero-order valence-electron chi connectivity index (χ0n) is 16.2. The Morgan fingerprint density at radius 3 is 2.46 bits per heavy atom. The fraction of sp³-hybridized carbons (Fsp3) is 0.304. The van der Waals surface area contributed by atoms with Crippen LogP contribution in [-0.2, 0) is 0 Å². The molecular formula is C23H23NO4. The summed E-state index contributed by atoms with van der Waals surface area (Å²) < 4.78 is 5.87. The molecule has 0 saturated heterocycles. The van der Waals surface area contributed by atoms with Crippen molar-refractivity contribution in [3.05, 3.63) is 80.7 Å². The van der Waals surface area contributed by atoms with Crippen LogP contribution >= 0.6 is 0 Å². The minimum atomic E-state index is -0.558. The van der Waals surface area contributed by atoms with Gasteiger partial charge >= 0.3 is 0 Å². The fourth-order valence-electron chi connectivity index (χ4n) is 3.88. The van der Waals surface area contributed by atoms with Crippen molar-refractivity contribution in [3.63, 3.8) is 0 Å². The summed E-state index contributed by atoms with van der Waals surface area (Å²) >= 11 is 0. The summed E-state index contributed by atoms with van der Waals surface area (Å²) in [7, 11) is 0. The Morgan fingerprint density at radius 2 is 1.82 bits per heavy atom. The Balaban J connectivity index is 1.95. The molecular weight excluding hydrogens is 354 g/mol. The molecule has 1 amide bonds. The van der Waals surface area contributed by atoms with Crippen molar-refractivity contribution in [2.45, 2.75) is 32.7 Å². The molecule has 28 heavy (non-hydrogen) atoms. The van der Waals surface area contributed by atoms with E-state index in [1.54, 1.807) is 12.1 Å². The van der Waals surface area contributed by atoms with Gasteiger partial charge in [0.05, 0.1) is 23.6 Å². The number of nitrogens with zero attached hydrogens (tertiary/aromatic N) is 1. The summed E-state index contributed by atoms with van der Waals surface area (Å²) in [6, 6.07) is 12.8. The lowest BCUT2D eigenvalue weighted by molar-refractivity contribution is 0.0691. The summed E-state index contributed by atoms with van der Waals surface area (Å²) in [4.78, 5) is 27.8. The second kappa shape index (κ2) is 6.91. The number of hydrogen-bond acceptors (Lipinski definition) is 4. The highest BCUT2D eigenvalue weighted by Gasteiger charge is 2.42. The third-order valence-electron chi connectivity index (χ3n) is 5.38. The third kappa shape index (κ3) is 2.83. The van der Waals surface area contributed by atoms with E-state index >= 15 is 0 Å². The van der Waals surface area contributed by atoms with Crippen molar-refractivity contribution >= 4 is 16.9 Å². The first-order chi connectivity index (χ1) is 13.4. The standard InChI is InChI=1S/C23H23NO4/c1-13(2)15-5-7-16(8-6-15)20-19-21(26)17-12-14(3)4-9-18(17)28-22(19)23(27)24(20)10-11-25/h4-9,12-13,20,25H,10-11H2,1-3H3/t20-/m1/s1. The highest BCUT2D eigenvalue weighted by atomic mass is 16.3. The second-order valence-electron chi connectivity index (χ2n) is 7.62. The molecule has 1 aliphatic rings. The first-order valence-corrected chi connectivity index (χ1v) is 9.51. The van der Waals surface area contributed by atoms with Crippen LogP contribution in [-0.4, -0.2) is 29.1 Å². The van der Waals surface area contributed by atoms with Gasteiger partial charge in [-0.2, -0.15) is 0 Å². The zero-order valence-corrected chi connectivity index (χ0v) is 16.2. The summed E-state index contributed by atoms with van der Waals surface area (Å²) in [6.07, 6.45) is 0. The molecule has 1 N–H and O–H groups in total. The number of benzene rings is 2. The Labute approximate surface area is 163 Å². The molecule has 144 valence electrons. The van der Waals surface area contributed by atoms with Crippen LogP contribution in [0.3, 0.4) is 0 Å². The molecule has 2 aromatic carbocycles. The van der Waals surface area contributed by atoms with Gasteiger partial charge in [-0.15, -0.1) is 0 Å². The number of carbonyl (C=O) groups is 1. The summed E-state index contributed by atoms with van der Waals surface area (Å²) in [5.41, 5.74) is 3.55. The minimum Gasteiger partial charge on any atom is -0.450 e. The predicted molar refractivity (Wildman–Crippen MR) is 108 cm³/mol. The van der Waals surface area contributed by atoms with Crippen LogP contribution in [0.25, 0.3) is 11.0 Å². The van der Waals surface area contributed by atoms with Gasteiger partial charge in [0.15, 0.2) is 5.43 Å². The van der Waals surface area contributed by atoms with Crippen molar-refractivity contribution < 1.29 is 14.3 Å². The Hall–Kier alpha value is -2.92. The van der Waals surface area contributed by atoms with E-state index in [4.69, 9.17) is 4.42 Å². The third-order valence-corrected chi connectivity index (χ3v) is 5.38. The monoisotopic (exact) mass is 377 g/mol. The van der Waals surface area contributed by atoms with Crippen molar-refractivity contribution in [1.82, 2.24) is 4.90 Å². The number of aryl methyl sites for hydroxylation is 1. The first kappa shape index (κ1) is 18.4. The van der Waals surface area contributed by atoms with Crippen molar-refractivity contribution in [2.75, 3.05) is 13.2 Å². The number of hydrogen-bond donors (Lipinski definition) is 1. The van der Waals surface area contributed by atoms with Crippen molar-refractivity contribution in [3.8, 4) is 0 Å². The van der Waals surface area contributed by atoms with Crippen LogP contribution in [0.4, 0.5) is 0 Å². The summed E-state index contributed by atoms with van der Waals surface area (Å²) in [6.45, 7) is 6.09. The summed E-state index contributed by atoms with van der Waals surface area (Å²) in [5, 5.41) is 9.97. The smallest absolute Gasteiger partial charge is 0.290 e. The first-order valence-electron chi connectivity index (χ1n) is 9.51. The lowest BCUT2D eigenvalue weighted by Gasteiger charge is -2.24. The largest absolute Gasteiger partial charge is 0.450 e. The number of fused-ring (bicyclic) bond motifs is 2. The van der Waals surface area contributed by atoms with Crippen LogP contribution in [0.5, 0.6) is 0 Å². The maximum Gasteiger partial charge on any atom is 0.290 e. The van der Waals surface area contributed by atoms with Crippen molar-refractivity contribution in [2.24, 2.45) is 0 Å². The van der Waals surface area contributed by atoms with Crippen LogP contribution in [0.2, 0.25) is 0 Å². The number of carbonyl (C=O) groups excluding carboxylic acids is 1. The van der Waals surface area contributed by atoms with Gasteiger partial charge in [0.1, 0.15) is 5.58 Å². The van der Waals surface area contributed by atoms with Crippen LogP contribution in [0, 0.1) is 6.92 Å². The average molecular weight is 377 g/mol. The number of rotatable bonds is 4. The number of aliphatic hydroxyl groups excluding tert-OH is 1. The van der Waals surface area contributed by atoms with Crippen LogP contribution in [0.15, 0.2) is 51.7 Å². The van der Waals surface area contributed by atoms with E-state index in [9.17, 15) is 14.7 Å². The van der Waals surface area contributed by atoms with Gasteiger partial charge in [0, 0.05) is 6.54 Å². The van der Waals surface area contributed by atoms with Gasteiger partial charge in [0.25, 0.3) is 5.91 Å². The number of amides is 1. The molecule has 0 unspecified atom stereocenters. The molecule has 0 bridgehead atoms. The van der Waals surface area contributed by atoms with Gasteiger partial charge < -0.3 is 14.4 Å². The SMILES string of the molecule is Cc1ccc2oc3c(c(=O)c2c1)[C@@H](c1ccc(C(C)C)cc1)N(CCO)C3=O. The molecule has 4 rings (SSSR count). The lowest BCUT2D eigenvalue weighted by Crippen LogP contribution is -2.32. The van der Waals surface area contributed by atoms with E-state index in [0.29, 0.717) is 22.5 Å². The Morgan fingerprint density at radius 1 is 1.11 bits per heavy atom. The summed E-state index contributed by atoms with van der Waals surface area (Å²) in [5.74, 6) is 0.103. The van der Waals surface area contributed by atoms with E-state index < -0.39 is 6.04 Å². The molecule has 1 aromatic heterocycles. The Kier molecular flexibility index (Phi) is 4.55. The molecule has 1 atom stereocenters. The van der Waals surface area contributed by atoms with E-state index in [1.807, 2.05) is 37.3 Å². The average Bonchev–Trinajstić information content (AvgIpc) is 2.95. The number of β-amino-alcohol motifs (C(OH)–C–C–N with tert-alkyl or cyclic N) is 1. The topological polar surface area (TPSA) is 70.8 Å². The minimum absolute atomic E-state index is 0.0766. The van der Waals surface area contributed by atoms with Gasteiger partial charge in [-0.1, -0.05) is 49.7 Å². The Bertz CT molecular complexity index is 1110. The highest BCUT2D eigenvalue weighted by molar-refractivity contribution is 5.99. The second-order valence-corrected chi connectivity index (χ2v) is 7.62. The molecule has 1 aliphatic heterocycles. The molecule has 3 aromatic rings. The number of aliphatic hydroxyl groups is 1. The molecule has 0 radical (unpaired) electrons. The molecule has 2 heterocycles. The zero-order chi connectivity index (χ0) is 20.0. The van der Waals surface area contributed by atoms with Gasteiger partial charge in [-0.05, 0) is 36.1 Å². The van der Waals surface area contributed by atoms with Crippen LogP contribution in [0.1, 0.15) is 58.6 Å². The fourth-order valence-corrected chi connectivity index (χ4v) is 3.88. The van der Waals surface area contributed by atoms with E-state index in [-0.39, 0.29) is 30.2 Å².